The molecule has 3 nitrogen and oxygen atoms in total. The van der Waals surface area contributed by atoms with Gasteiger partial charge in [0.2, 0.25) is 0 Å². The van der Waals surface area contributed by atoms with Crippen molar-refractivity contribution in [2.75, 3.05) is 7.11 Å². The summed E-state index contributed by atoms with van der Waals surface area (Å²) in [5.41, 5.74) is 0. The van der Waals surface area contributed by atoms with E-state index in [2.05, 4.69) is 69.8 Å². The maximum atomic E-state index is 11.0. The van der Waals surface area contributed by atoms with Crippen LogP contribution in [0.2, 0.25) is 18.1 Å². The number of hydrogen-bond donors (Lipinski definition) is 0. The summed E-state index contributed by atoms with van der Waals surface area (Å²) in [6.07, 6.45) is 16.1. The SMILES string of the molecule is COC(=O)CCCCCCC/C=C/C=C/[C@H](C)O[Si](C)(C)C(C)(C)C. The topological polar surface area (TPSA) is 35.5 Å². The van der Waals surface area contributed by atoms with Crippen molar-refractivity contribution < 1.29 is 14.0 Å². The maximum Gasteiger partial charge on any atom is 0.305 e. The van der Waals surface area contributed by atoms with Gasteiger partial charge in [0.05, 0.1) is 13.2 Å². The van der Waals surface area contributed by atoms with Gasteiger partial charge in [-0.3, -0.25) is 4.79 Å². The van der Waals surface area contributed by atoms with Crippen molar-refractivity contribution in [3.05, 3.63) is 24.3 Å². The lowest BCUT2D eigenvalue weighted by molar-refractivity contribution is -0.140. The average molecular weight is 369 g/mol. The summed E-state index contributed by atoms with van der Waals surface area (Å²) in [5, 5.41) is 0.252. The first-order chi connectivity index (χ1) is 11.6. The molecule has 0 bridgehead atoms. The van der Waals surface area contributed by atoms with Crippen molar-refractivity contribution in [3.8, 4) is 0 Å². The van der Waals surface area contributed by atoms with Gasteiger partial charge in [-0.05, 0) is 44.3 Å². The number of allylic oxidation sites excluding steroid dienone is 3. The molecule has 1 atom stereocenters. The number of carbonyl (C=O) groups is 1. The molecular weight excluding hydrogens is 328 g/mol. The van der Waals surface area contributed by atoms with Crippen LogP contribution in [0.4, 0.5) is 0 Å². The van der Waals surface area contributed by atoms with E-state index >= 15 is 0 Å². The molecule has 25 heavy (non-hydrogen) atoms. The minimum Gasteiger partial charge on any atom is -0.469 e. The summed E-state index contributed by atoms with van der Waals surface area (Å²) >= 11 is 0. The number of rotatable bonds is 12. The van der Waals surface area contributed by atoms with Gasteiger partial charge < -0.3 is 9.16 Å². The molecule has 0 rings (SSSR count). The second-order valence-corrected chi connectivity index (χ2v) is 13.0. The molecule has 146 valence electrons. The van der Waals surface area contributed by atoms with E-state index in [-0.39, 0.29) is 17.1 Å². The highest BCUT2D eigenvalue weighted by Crippen LogP contribution is 2.37. The number of methoxy groups -OCH3 is 1. The van der Waals surface area contributed by atoms with Crippen LogP contribution in [0.1, 0.15) is 72.6 Å². The standard InChI is InChI=1S/C21H40O3Si/c1-19(24-25(6,7)21(2,3)4)17-15-13-11-9-8-10-12-14-16-18-20(22)23-5/h11,13,15,17,19H,8-10,12,14,16,18H2,1-7H3/b13-11+,17-15+/t19-/m0/s1. The van der Waals surface area contributed by atoms with Gasteiger partial charge in [0.15, 0.2) is 8.32 Å². The Morgan fingerprint density at radius 3 is 2.24 bits per heavy atom. The van der Waals surface area contributed by atoms with Crippen LogP contribution in [0.15, 0.2) is 24.3 Å². The number of esters is 1. The Hall–Kier alpha value is -0.873. The van der Waals surface area contributed by atoms with Gasteiger partial charge in [-0.1, -0.05) is 64.3 Å². The van der Waals surface area contributed by atoms with Crippen molar-refractivity contribution in [2.24, 2.45) is 0 Å². The molecular formula is C21H40O3Si. The number of unbranched alkanes of at least 4 members (excludes halogenated alkanes) is 5. The quantitative estimate of drug-likeness (QED) is 0.173. The first kappa shape index (κ1) is 24.1. The van der Waals surface area contributed by atoms with Gasteiger partial charge >= 0.3 is 5.97 Å². The molecule has 0 saturated carbocycles. The third kappa shape index (κ3) is 12.2. The van der Waals surface area contributed by atoms with E-state index in [0.29, 0.717) is 6.42 Å². The third-order valence-corrected chi connectivity index (χ3v) is 9.47. The van der Waals surface area contributed by atoms with Crippen molar-refractivity contribution >= 4 is 14.3 Å². The Balaban J connectivity index is 3.77. The molecule has 0 aromatic rings. The minimum atomic E-state index is -1.68. The molecule has 0 aliphatic heterocycles. The Labute approximate surface area is 157 Å². The van der Waals surface area contributed by atoms with Gasteiger partial charge in [0.1, 0.15) is 0 Å². The van der Waals surface area contributed by atoms with Crippen LogP contribution in [-0.2, 0) is 14.0 Å². The molecule has 0 fully saturated rings. The first-order valence-electron chi connectivity index (χ1n) is 9.68. The highest BCUT2D eigenvalue weighted by atomic mass is 28.4. The van der Waals surface area contributed by atoms with Crippen LogP contribution >= 0.6 is 0 Å². The molecule has 0 aromatic heterocycles. The molecule has 4 heteroatoms. The predicted molar refractivity (Wildman–Crippen MR) is 110 cm³/mol. The Morgan fingerprint density at radius 1 is 1.04 bits per heavy atom. The van der Waals surface area contributed by atoms with Gasteiger partial charge in [-0.25, -0.2) is 0 Å². The monoisotopic (exact) mass is 368 g/mol. The van der Waals surface area contributed by atoms with Crippen molar-refractivity contribution in [2.45, 2.75) is 96.9 Å². The molecule has 0 aromatic carbocycles. The zero-order valence-electron chi connectivity index (χ0n) is 17.6. The summed E-state index contributed by atoms with van der Waals surface area (Å²) in [4.78, 5) is 11.0. The van der Waals surface area contributed by atoms with Crippen LogP contribution < -0.4 is 0 Å². The highest BCUT2D eigenvalue weighted by molar-refractivity contribution is 6.74. The van der Waals surface area contributed by atoms with Gasteiger partial charge in [0, 0.05) is 6.42 Å². The van der Waals surface area contributed by atoms with Crippen LogP contribution in [0, 0.1) is 0 Å². The van der Waals surface area contributed by atoms with Crippen molar-refractivity contribution in [1.29, 1.82) is 0 Å². The average Bonchev–Trinajstić information content (AvgIpc) is 2.50. The van der Waals surface area contributed by atoms with E-state index in [9.17, 15) is 4.79 Å². The lowest BCUT2D eigenvalue weighted by Crippen LogP contribution is -2.42. The second-order valence-electron chi connectivity index (χ2n) is 8.28. The summed E-state index contributed by atoms with van der Waals surface area (Å²) in [7, 11) is -0.231. The van der Waals surface area contributed by atoms with E-state index in [1.807, 2.05) is 0 Å². The first-order valence-corrected chi connectivity index (χ1v) is 12.6. The fourth-order valence-electron chi connectivity index (χ4n) is 2.24. The van der Waals surface area contributed by atoms with Crippen molar-refractivity contribution in [1.82, 2.24) is 0 Å². The van der Waals surface area contributed by atoms with E-state index in [4.69, 9.17) is 4.43 Å². The highest BCUT2D eigenvalue weighted by Gasteiger charge is 2.37. The molecule has 0 heterocycles. The smallest absolute Gasteiger partial charge is 0.305 e. The van der Waals surface area contributed by atoms with Gasteiger partial charge in [-0.2, -0.15) is 0 Å². The van der Waals surface area contributed by atoms with Crippen LogP contribution in [0.25, 0.3) is 0 Å². The fourth-order valence-corrected chi connectivity index (χ4v) is 3.60. The molecule has 0 aliphatic carbocycles. The molecule has 0 N–H and O–H groups in total. The van der Waals surface area contributed by atoms with Gasteiger partial charge in [0.25, 0.3) is 0 Å². The zero-order chi connectivity index (χ0) is 19.3. The second kappa shape index (κ2) is 12.5. The van der Waals surface area contributed by atoms with Gasteiger partial charge in [-0.15, -0.1) is 0 Å². The molecule has 0 spiro atoms. The Bertz CT molecular complexity index is 419. The fraction of sp³-hybridized carbons (Fsp3) is 0.762. The van der Waals surface area contributed by atoms with E-state index in [0.717, 1.165) is 19.3 Å². The molecule has 0 amide bonds. The summed E-state index contributed by atoms with van der Waals surface area (Å²) in [6.45, 7) is 13.5. The maximum absolute atomic E-state index is 11.0. The Morgan fingerprint density at radius 2 is 1.64 bits per heavy atom. The van der Waals surface area contributed by atoms with Crippen LogP contribution in [0.5, 0.6) is 0 Å². The third-order valence-electron chi connectivity index (χ3n) is 4.90. The Kier molecular flexibility index (Phi) is 12.0. The number of ether oxygens (including phenoxy) is 1. The number of hydrogen-bond acceptors (Lipinski definition) is 3. The molecule has 0 aliphatic rings. The summed E-state index contributed by atoms with van der Waals surface area (Å²) < 4.78 is 10.9. The molecule has 0 radical (unpaired) electrons. The largest absolute Gasteiger partial charge is 0.469 e. The normalized spacial score (nSPS) is 14.4. The lowest BCUT2D eigenvalue weighted by atomic mass is 10.1. The number of carbonyl (C=O) groups excluding carboxylic acids is 1. The summed E-state index contributed by atoms with van der Waals surface area (Å²) in [5.74, 6) is -0.0958. The molecule has 0 unspecified atom stereocenters. The van der Waals surface area contributed by atoms with Crippen LogP contribution in [0.3, 0.4) is 0 Å². The van der Waals surface area contributed by atoms with Crippen molar-refractivity contribution in [3.63, 3.8) is 0 Å². The van der Waals surface area contributed by atoms with Crippen LogP contribution in [-0.4, -0.2) is 27.5 Å². The van der Waals surface area contributed by atoms with E-state index in [1.54, 1.807) is 0 Å². The lowest BCUT2D eigenvalue weighted by Gasteiger charge is -2.37. The predicted octanol–water partition coefficient (Wildman–Crippen LogP) is 6.41. The van der Waals surface area contributed by atoms with E-state index in [1.165, 1.54) is 26.4 Å². The zero-order valence-corrected chi connectivity index (χ0v) is 18.6. The van der Waals surface area contributed by atoms with E-state index < -0.39 is 8.32 Å². The summed E-state index contributed by atoms with van der Waals surface area (Å²) in [6, 6.07) is 0. The molecule has 0 saturated heterocycles. The minimum absolute atomic E-state index is 0.0958.